The van der Waals surface area contributed by atoms with E-state index in [2.05, 4.69) is 10.3 Å². The molecule has 1 N–H and O–H groups in total. The smallest absolute Gasteiger partial charge is 0.338 e. The standard InChI is InChI=1S/C27H26N4O4S/c1-2-35-26(34)21-10-12-22(13-11-21)29-24(32)15-23-25(33)31(17-19-7-4-3-5-8-19)27(36)30(23)18-20-9-6-14-28-16-20/h3-14,16,23H,2,15,17-18H2,1H3,(H,29,32). The van der Waals surface area contributed by atoms with E-state index < -0.39 is 12.0 Å². The predicted molar refractivity (Wildman–Crippen MR) is 139 cm³/mol. The van der Waals surface area contributed by atoms with Crippen molar-refractivity contribution in [2.45, 2.75) is 32.5 Å². The first kappa shape index (κ1) is 25.0. The normalized spacial score (nSPS) is 15.2. The third-order valence-corrected chi connectivity index (χ3v) is 6.18. The first-order valence-electron chi connectivity index (χ1n) is 11.6. The van der Waals surface area contributed by atoms with E-state index in [1.165, 1.54) is 0 Å². The average molecular weight is 503 g/mol. The van der Waals surface area contributed by atoms with E-state index in [-0.39, 0.29) is 24.8 Å². The van der Waals surface area contributed by atoms with Crippen LogP contribution in [0.15, 0.2) is 79.1 Å². The summed E-state index contributed by atoms with van der Waals surface area (Å²) in [5.41, 5.74) is 2.74. The molecule has 2 heterocycles. The molecule has 1 aliphatic heterocycles. The van der Waals surface area contributed by atoms with Crippen LogP contribution in [0.1, 0.15) is 34.8 Å². The number of amides is 2. The van der Waals surface area contributed by atoms with Gasteiger partial charge < -0.3 is 15.0 Å². The number of thiocarbonyl (C=S) groups is 1. The molecule has 8 nitrogen and oxygen atoms in total. The lowest BCUT2D eigenvalue weighted by atomic mass is 10.1. The molecule has 0 radical (unpaired) electrons. The van der Waals surface area contributed by atoms with E-state index >= 15 is 0 Å². The summed E-state index contributed by atoms with van der Waals surface area (Å²) in [6.07, 6.45) is 3.32. The molecule has 1 aliphatic rings. The van der Waals surface area contributed by atoms with E-state index in [1.54, 1.807) is 53.4 Å². The van der Waals surface area contributed by atoms with Gasteiger partial charge >= 0.3 is 5.97 Å². The van der Waals surface area contributed by atoms with Crippen molar-refractivity contribution in [1.29, 1.82) is 0 Å². The van der Waals surface area contributed by atoms with Crippen LogP contribution in [0.2, 0.25) is 0 Å². The summed E-state index contributed by atoms with van der Waals surface area (Å²) in [4.78, 5) is 45.7. The zero-order chi connectivity index (χ0) is 25.5. The first-order valence-corrected chi connectivity index (χ1v) is 12.0. The number of nitrogens with zero attached hydrogens (tertiary/aromatic N) is 3. The molecule has 0 aliphatic carbocycles. The van der Waals surface area contributed by atoms with Crippen molar-refractivity contribution in [1.82, 2.24) is 14.8 Å². The molecule has 0 saturated carbocycles. The molecule has 2 aromatic carbocycles. The topological polar surface area (TPSA) is 91.8 Å². The number of aromatic nitrogens is 1. The Morgan fingerprint density at radius 1 is 1.00 bits per heavy atom. The van der Waals surface area contributed by atoms with Gasteiger partial charge in [-0.15, -0.1) is 0 Å². The molecule has 0 bridgehead atoms. The van der Waals surface area contributed by atoms with Gasteiger partial charge in [-0.3, -0.25) is 19.5 Å². The van der Waals surface area contributed by atoms with Crippen molar-refractivity contribution >= 4 is 40.8 Å². The number of pyridine rings is 1. The van der Waals surface area contributed by atoms with Crippen molar-refractivity contribution in [3.63, 3.8) is 0 Å². The number of nitrogens with one attached hydrogen (secondary N) is 1. The number of hydrogen-bond acceptors (Lipinski definition) is 6. The third-order valence-electron chi connectivity index (χ3n) is 5.72. The van der Waals surface area contributed by atoms with E-state index in [9.17, 15) is 14.4 Å². The van der Waals surface area contributed by atoms with Crippen molar-refractivity contribution in [2.75, 3.05) is 11.9 Å². The van der Waals surface area contributed by atoms with Crippen molar-refractivity contribution in [2.24, 2.45) is 0 Å². The zero-order valence-electron chi connectivity index (χ0n) is 19.8. The van der Waals surface area contributed by atoms with Gasteiger partial charge in [0.15, 0.2) is 5.11 Å². The summed E-state index contributed by atoms with van der Waals surface area (Å²) in [6, 6.07) is 19.0. The van der Waals surface area contributed by atoms with E-state index in [0.29, 0.717) is 29.5 Å². The number of carbonyl (C=O) groups excluding carboxylic acids is 3. The fraction of sp³-hybridized carbons (Fsp3) is 0.222. The first-order chi connectivity index (χ1) is 17.5. The van der Waals surface area contributed by atoms with E-state index in [0.717, 1.165) is 11.1 Å². The molecule has 1 unspecified atom stereocenters. The molecule has 1 fully saturated rings. The van der Waals surface area contributed by atoms with Crippen LogP contribution in [0.4, 0.5) is 5.69 Å². The highest BCUT2D eigenvalue weighted by Gasteiger charge is 2.43. The zero-order valence-corrected chi connectivity index (χ0v) is 20.6. The highest BCUT2D eigenvalue weighted by Crippen LogP contribution is 2.25. The highest BCUT2D eigenvalue weighted by atomic mass is 32.1. The van der Waals surface area contributed by atoms with Crippen molar-refractivity contribution in [3.05, 3.63) is 95.8 Å². The molecule has 184 valence electrons. The minimum atomic E-state index is -0.750. The highest BCUT2D eigenvalue weighted by molar-refractivity contribution is 7.80. The maximum atomic E-state index is 13.4. The van der Waals surface area contributed by atoms with E-state index in [1.807, 2.05) is 42.5 Å². The molecule has 1 atom stereocenters. The Morgan fingerprint density at radius 3 is 2.39 bits per heavy atom. The van der Waals surface area contributed by atoms with Crippen LogP contribution in [0.25, 0.3) is 0 Å². The lowest BCUT2D eigenvalue weighted by molar-refractivity contribution is -0.131. The predicted octanol–water partition coefficient (Wildman–Crippen LogP) is 3.79. The number of carbonyl (C=O) groups is 3. The van der Waals surface area contributed by atoms with Crippen LogP contribution < -0.4 is 5.32 Å². The fourth-order valence-corrected chi connectivity index (χ4v) is 4.31. The molecule has 0 spiro atoms. The van der Waals surface area contributed by atoms with Gasteiger partial charge in [-0.2, -0.15) is 0 Å². The maximum absolute atomic E-state index is 13.4. The number of anilines is 1. The Morgan fingerprint density at radius 2 is 1.72 bits per heavy atom. The molecule has 36 heavy (non-hydrogen) atoms. The summed E-state index contributed by atoms with van der Waals surface area (Å²) in [5, 5.41) is 3.19. The molecule has 4 rings (SSSR count). The molecule has 1 saturated heterocycles. The molecule has 3 aromatic rings. The van der Waals surface area contributed by atoms with Crippen LogP contribution in [0.3, 0.4) is 0 Å². The fourth-order valence-electron chi connectivity index (χ4n) is 3.96. The quantitative estimate of drug-likeness (QED) is 0.352. The molecule has 1 aromatic heterocycles. The van der Waals surface area contributed by atoms with E-state index in [4.69, 9.17) is 17.0 Å². The summed E-state index contributed by atoms with van der Waals surface area (Å²) in [5.74, 6) is -0.983. The van der Waals surface area contributed by atoms with Gasteiger partial charge in [0.1, 0.15) is 6.04 Å². The van der Waals surface area contributed by atoms with Crippen LogP contribution in [-0.4, -0.2) is 50.3 Å². The van der Waals surface area contributed by atoms with Crippen LogP contribution in [0.5, 0.6) is 0 Å². The summed E-state index contributed by atoms with van der Waals surface area (Å²) in [7, 11) is 0. The maximum Gasteiger partial charge on any atom is 0.338 e. The molecular weight excluding hydrogens is 476 g/mol. The van der Waals surface area contributed by atoms with Crippen molar-refractivity contribution in [3.8, 4) is 0 Å². The second kappa shape index (κ2) is 11.5. The second-order valence-electron chi connectivity index (χ2n) is 8.25. The van der Waals surface area contributed by atoms with Gasteiger partial charge in [-0.25, -0.2) is 4.79 Å². The SMILES string of the molecule is CCOC(=O)c1ccc(NC(=O)CC2C(=O)N(Cc3ccccc3)C(=S)N2Cc2cccnc2)cc1. The van der Waals surface area contributed by atoms with Gasteiger partial charge in [0, 0.05) is 24.6 Å². The van der Waals surface area contributed by atoms with Crippen LogP contribution >= 0.6 is 12.2 Å². The van der Waals surface area contributed by atoms with Crippen molar-refractivity contribution < 1.29 is 19.1 Å². The van der Waals surface area contributed by atoms with Gasteiger partial charge in [-0.05, 0) is 60.6 Å². The minimum absolute atomic E-state index is 0.0792. The molecular formula is C27H26N4O4S. The van der Waals surface area contributed by atoms with Gasteiger partial charge in [-0.1, -0.05) is 36.4 Å². The lowest BCUT2D eigenvalue weighted by Crippen LogP contribution is -2.37. The Hall–Kier alpha value is -4.11. The Labute approximate surface area is 214 Å². The monoisotopic (exact) mass is 502 g/mol. The summed E-state index contributed by atoms with van der Waals surface area (Å²) >= 11 is 5.69. The van der Waals surface area contributed by atoms with Gasteiger partial charge in [0.25, 0.3) is 5.91 Å². The summed E-state index contributed by atoms with van der Waals surface area (Å²) < 4.78 is 4.98. The number of hydrogen-bond donors (Lipinski definition) is 1. The minimum Gasteiger partial charge on any atom is -0.462 e. The largest absolute Gasteiger partial charge is 0.462 e. The van der Waals surface area contributed by atoms with Gasteiger partial charge in [0.2, 0.25) is 5.91 Å². The third kappa shape index (κ3) is 5.92. The number of esters is 1. The number of rotatable bonds is 9. The molecule has 2 amide bonds. The van der Waals surface area contributed by atoms with Crippen LogP contribution in [0, 0.1) is 0 Å². The van der Waals surface area contributed by atoms with Crippen LogP contribution in [-0.2, 0) is 27.4 Å². The van der Waals surface area contributed by atoms with Gasteiger partial charge in [0.05, 0.1) is 25.1 Å². The number of ether oxygens (including phenoxy) is 1. The summed E-state index contributed by atoms with van der Waals surface area (Å²) in [6.45, 7) is 2.71. The average Bonchev–Trinajstić information content (AvgIpc) is 3.10. The molecule has 9 heteroatoms. The lowest BCUT2D eigenvalue weighted by Gasteiger charge is -2.24. The Kier molecular flexibility index (Phi) is 8.02. The Bertz CT molecular complexity index is 1240. The number of benzene rings is 2. The Balaban J connectivity index is 1.49. The second-order valence-corrected chi connectivity index (χ2v) is 8.61.